The second kappa shape index (κ2) is 4.96. The maximum absolute atomic E-state index is 13.6. The van der Waals surface area contributed by atoms with Gasteiger partial charge in [-0.1, -0.05) is 6.92 Å². The average Bonchev–Trinajstić information content (AvgIpc) is 2.36. The number of hydrogen-bond donors (Lipinski definition) is 2. The third kappa shape index (κ3) is 2.53. The molecule has 0 spiro atoms. The predicted octanol–water partition coefficient (Wildman–Crippen LogP) is 3.47. The lowest BCUT2D eigenvalue weighted by molar-refractivity contribution is 0.406. The van der Waals surface area contributed by atoms with Crippen LogP contribution in [0.25, 0.3) is 0 Å². The topological polar surface area (TPSA) is 55.5 Å². The molecule has 2 rings (SSSR count). The molecule has 0 aliphatic rings. The van der Waals surface area contributed by atoms with Gasteiger partial charge >= 0.3 is 0 Å². The first kappa shape index (κ1) is 12.2. The van der Waals surface area contributed by atoms with Crippen molar-refractivity contribution >= 4 is 5.69 Å². The molecule has 3 N–H and O–H groups in total. The highest BCUT2D eigenvalue weighted by Crippen LogP contribution is 2.33. The maximum atomic E-state index is 13.6. The van der Waals surface area contributed by atoms with Crippen molar-refractivity contribution in [3.63, 3.8) is 0 Å². The summed E-state index contributed by atoms with van der Waals surface area (Å²) >= 11 is 0. The lowest BCUT2D eigenvalue weighted by atomic mass is 10.1. The van der Waals surface area contributed by atoms with Gasteiger partial charge in [-0.25, -0.2) is 4.39 Å². The van der Waals surface area contributed by atoms with Crippen LogP contribution < -0.4 is 10.5 Å². The molecular weight excluding hydrogens is 233 g/mol. The van der Waals surface area contributed by atoms with Gasteiger partial charge in [-0.2, -0.15) is 0 Å². The van der Waals surface area contributed by atoms with E-state index >= 15 is 0 Å². The summed E-state index contributed by atoms with van der Waals surface area (Å²) in [5, 5.41) is 9.75. The molecule has 0 saturated heterocycles. The van der Waals surface area contributed by atoms with Crippen molar-refractivity contribution in [2.75, 3.05) is 5.73 Å². The van der Waals surface area contributed by atoms with E-state index in [1.54, 1.807) is 24.3 Å². The van der Waals surface area contributed by atoms with Crippen LogP contribution in [0.15, 0.2) is 36.4 Å². The van der Waals surface area contributed by atoms with Gasteiger partial charge in [0.25, 0.3) is 0 Å². The van der Waals surface area contributed by atoms with E-state index in [1.807, 2.05) is 6.92 Å². The van der Waals surface area contributed by atoms with E-state index in [2.05, 4.69) is 0 Å². The van der Waals surface area contributed by atoms with Crippen LogP contribution >= 0.6 is 0 Å². The third-order valence-electron chi connectivity index (χ3n) is 2.62. The number of aromatic hydroxyl groups is 1. The van der Waals surface area contributed by atoms with Crippen molar-refractivity contribution in [1.82, 2.24) is 0 Å². The quantitative estimate of drug-likeness (QED) is 0.816. The highest BCUT2D eigenvalue weighted by molar-refractivity contribution is 5.47. The van der Waals surface area contributed by atoms with Crippen molar-refractivity contribution in [2.45, 2.75) is 13.3 Å². The third-order valence-corrected chi connectivity index (χ3v) is 2.62. The number of rotatable bonds is 3. The normalized spacial score (nSPS) is 10.3. The Kier molecular flexibility index (Phi) is 3.37. The zero-order valence-corrected chi connectivity index (χ0v) is 9.98. The van der Waals surface area contributed by atoms with E-state index in [9.17, 15) is 9.50 Å². The molecule has 0 aliphatic heterocycles. The number of phenols is 1. The number of ether oxygens (including phenoxy) is 1. The summed E-state index contributed by atoms with van der Waals surface area (Å²) in [4.78, 5) is 0. The number of phenolic OH excluding ortho intramolecular Hbond substituents is 1. The lowest BCUT2D eigenvalue weighted by Gasteiger charge is -2.09. The van der Waals surface area contributed by atoms with E-state index in [0.717, 1.165) is 0 Å². The summed E-state index contributed by atoms with van der Waals surface area (Å²) in [5.74, 6) is 0.114. The molecule has 0 heterocycles. The fourth-order valence-corrected chi connectivity index (χ4v) is 1.60. The van der Waals surface area contributed by atoms with Gasteiger partial charge in [-0.05, 0) is 42.3 Å². The fraction of sp³-hybridized carbons (Fsp3) is 0.143. The summed E-state index contributed by atoms with van der Waals surface area (Å²) in [6, 6.07) is 9.21. The minimum atomic E-state index is -0.388. The van der Waals surface area contributed by atoms with Gasteiger partial charge in [0.1, 0.15) is 11.6 Å². The number of benzene rings is 2. The SMILES string of the molecule is CCc1cc(O)c(Oc2ccc(N)cc2)cc1F. The Morgan fingerprint density at radius 3 is 2.50 bits per heavy atom. The van der Waals surface area contributed by atoms with Gasteiger partial charge in [0.05, 0.1) is 0 Å². The molecular formula is C14H14FNO2. The zero-order valence-electron chi connectivity index (χ0n) is 9.98. The van der Waals surface area contributed by atoms with Crippen molar-refractivity contribution in [3.05, 3.63) is 47.8 Å². The van der Waals surface area contributed by atoms with Crippen LogP contribution in [0.5, 0.6) is 17.2 Å². The molecule has 0 unspecified atom stereocenters. The van der Waals surface area contributed by atoms with E-state index in [-0.39, 0.29) is 17.3 Å². The fourth-order valence-electron chi connectivity index (χ4n) is 1.60. The van der Waals surface area contributed by atoms with Crippen LogP contribution in [-0.2, 0) is 6.42 Å². The smallest absolute Gasteiger partial charge is 0.171 e. The molecule has 2 aromatic rings. The number of nitrogen functional groups attached to an aromatic ring is 1. The molecule has 2 aromatic carbocycles. The van der Waals surface area contributed by atoms with E-state index in [1.165, 1.54) is 12.1 Å². The molecule has 3 nitrogen and oxygen atoms in total. The van der Waals surface area contributed by atoms with Crippen molar-refractivity contribution in [2.24, 2.45) is 0 Å². The molecule has 94 valence electrons. The second-order valence-corrected chi connectivity index (χ2v) is 3.94. The Labute approximate surface area is 105 Å². The molecule has 0 radical (unpaired) electrons. The van der Waals surface area contributed by atoms with Crippen LogP contribution in [0.2, 0.25) is 0 Å². The standard InChI is InChI=1S/C14H14FNO2/c1-2-9-7-13(17)14(8-12(9)15)18-11-5-3-10(16)4-6-11/h3-8,17H,2,16H2,1H3. The summed E-state index contributed by atoms with van der Waals surface area (Å²) in [7, 11) is 0. The largest absolute Gasteiger partial charge is 0.504 e. The zero-order chi connectivity index (χ0) is 13.1. The molecule has 0 fully saturated rings. The second-order valence-electron chi connectivity index (χ2n) is 3.94. The van der Waals surface area contributed by atoms with Crippen LogP contribution in [0.4, 0.5) is 10.1 Å². The van der Waals surface area contributed by atoms with Gasteiger partial charge < -0.3 is 15.6 Å². The summed E-state index contributed by atoms with van der Waals surface area (Å²) in [6.07, 6.45) is 0.515. The first-order chi connectivity index (χ1) is 8.60. The lowest BCUT2D eigenvalue weighted by Crippen LogP contribution is -1.92. The number of anilines is 1. The molecule has 4 heteroatoms. The number of aryl methyl sites for hydroxylation is 1. The first-order valence-corrected chi connectivity index (χ1v) is 5.65. The van der Waals surface area contributed by atoms with E-state index in [0.29, 0.717) is 23.4 Å². The number of nitrogens with two attached hydrogens (primary N) is 1. The van der Waals surface area contributed by atoms with Gasteiger partial charge in [0.2, 0.25) is 0 Å². The predicted molar refractivity (Wildman–Crippen MR) is 68.4 cm³/mol. The molecule has 0 aromatic heterocycles. The first-order valence-electron chi connectivity index (χ1n) is 5.65. The summed E-state index contributed by atoms with van der Waals surface area (Å²) in [5.41, 5.74) is 6.61. The average molecular weight is 247 g/mol. The Balaban J connectivity index is 2.29. The van der Waals surface area contributed by atoms with Gasteiger partial charge in [0, 0.05) is 11.8 Å². The molecule has 18 heavy (non-hydrogen) atoms. The van der Waals surface area contributed by atoms with Crippen molar-refractivity contribution < 1.29 is 14.2 Å². The van der Waals surface area contributed by atoms with Crippen LogP contribution in [-0.4, -0.2) is 5.11 Å². The Bertz CT molecular complexity index is 552. The van der Waals surface area contributed by atoms with Crippen LogP contribution in [0, 0.1) is 5.82 Å². The highest BCUT2D eigenvalue weighted by Gasteiger charge is 2.10. The minimum absolute atomic E-state index is 0.0786. The molecule has 0 bridgehead atoms. The molecule has 0 aliphatic carbocycles. The van der Waals surface area contributed by atoms with Gasteiger partial charge in [-0.3, -0.25) is 0 Å². The summed E-state index contributed by atoms with van der Waals surface area (Å²) in [6.45, 7) is 1.82. The highest BCUT2D eigenvalue weighted by atomic mass is 19.1. The maximum Gasteiger partial charge on any atom is 0.171 e. The monoisotopic (exact) mass is 247 g/mol. The molecule has 0 saturated carbocycles. The van der Waals surface area contributed by atoms with E-state index in [4.69, 9.17) is 10.5 Å². The van der Waals surface area contributed by atoms with Crippen LogP contribution in [0.1, 0.15) is 12.5 Å². The Morgan fingerprint density at radius 2 is 1.89 bits per heavy atom. The summed E-state index contributed by atoms with van der Waals surface area (Å²) < 4.78 is 19.0. The Morgan fingerprint density at radius 1 is 1.22 bits per heavy atom. The van der Waals surface area contributed by atoms with Gasteiger partial charge in [0.15, 0.2) is 11.5 Å². The van der Waals surface area contributed by atoms with E-state index < -0.39 is 0 Å². The van der Waals surface area contributed by atoms with Gasteiger partial charge in [-0.15, -0.1) is 0 Å². The number of halogens is 1. The minimum Gasteiger partial charge on any atom is -0.504 e. The number of hydrogen-bond acceptors (Lipinski definition) is 3. The van der Waals surface area contributed by atoms with Crippen molar-refractivity contribution in [3.8, 4) is 17.2 Å². The van der Waals surface area contributed by atoms with Crippen molar-refractivity contribution in [1.29, 1.82) is 0 Å². The Hall–Kier alpha value is -2.23. The molecule has 0 atom stereocenters. The van der Waals surface area contributed by atoms with Crippen LogP contribution in [0.3, 0.4) is 0 Å². The molecule has 0 amide bonds.